The van der Waals surface area contributed by atoms with E-state index in [-0.39, 0.29) is 30.1 Å². The van der Waals surface area contributed by atoms with Crippen LogP contribution in [0.3, 0.4) is 0 Å². The molecule has 31 heavy (non-hydrogen) atoms. The average molecular weight is 453 g/mol. The number of hydrogen-bond acceptors (Lipinski definition) is 6. The molecule has 2 saturated carbocycles. The normalized spacial score (nSPS) is 35.2. The van der Waals surface area contributed by atoms with Gasteiger partial charge >= 0.3 is 0 Å². The highest BCUT2D eigenvalue weighted by Crippen LogP contribution is 2.43. The summed E-state index contributed by atoms with van der Waals surface area (Å²) in [7, 11) is -1.89. The zero-order valence-electron chi connectivity index (χ0n) is 18.5. The summed E-state index contributed by atoms with van der Waals surface area (Å²) in [5.74, 6) is 0.750. The van der Waals surface area contributed by atoms with E-state index in [0.717, 1.165) is 44.9 Å². The van der Waals surface area contributed by atoms with Crippen LogP contribution in [-0.4, -0.2) is 69.0 Å². The van der Waals surface area contributed by atoms with Gasteiger partial charge in [-0.25, -0.2) is 18.0 Å². The second-order valence-electron chi connectivity index (χ2n) is 9.37. The fourth-order valence-electron chi connectivity index (χ4n) is 6.05. The summed E-state index contributed by atoms with van der Waals surface area (Å²) in [6.45, 7) is 0.390. The molecule has 7 nitrogen and oxygen atoms in total. The van der Waals surface area contributed by atoms with Crippen molar-refractivity contribution in [3.63, 3.8) is 0 Å². The number of rotatable bonds is 8. The van der Waals surface area contributed by atoms with Gasteiger partial charge in [-0.1, -0.05) is 36.8 Å². The van der Waals surface area contributed by atoms with E-state index in [4.69, 9.17) is 9.47 Å². The molecule has 1 aromatic rings. The Balaban J connectivity index is 1.41. The van der Waals surface area contributed by atoms with Gasteiger partial charge in [0.15, 0.2) is 0 Å². The van der Waals surface area contributed by atoms with Crippen LogP contribution in [0.4, 0.5) is 0 Å². The molecule has 1 unspecified atom stereocenters. The summed E-state index contributed by atoms with van der Waals surface area (Å²) in [5.41, 5.74) is 1.40. The van der Waals surface area contributed by atoms with Gasteiger partial charge in [0.25, 0.3) is 0 Å². The summed E-state index contributed by atoms with van der Waals surface area (Å²) < 4.78 is 38.6. The van der Waals surface area contributed by atoms with Gasteiger partial charge in [-0.05, 0) is 55.9 Å². The number of aliphatic hydroxyl groups excluding tert-OH is 1. The highest BCUT2D eigenvalue weighted by molar-refractivity contribution is 7.88. The van der Waals surface area contributed by atoms with Gasteiger partial charge in [0, 0.05) is 19.2 Å². The van der Waals surface area contributed by atoms with Crippen LogP contribution in [0.5, 0.6) is 0 Å². The molecule has 8 heteroatoms. The molecule has 2 N–H and O–H groups in total. The molecule has 0 spiro atoms. The fourth-order valence-corrected chi connectivity index (χ4v) is 6.88. The quantitative estimate of drug-likeness (QED) is 0.589. The predicted octanol–water partition coefficient (Wildman–Crippen LogP) is 2.42. The molecule has 0 amide bonds. The number of benzene rings is 1. The number of nitrogens with zero attached hydrogens (tertiary/aromatic N) is 1. The maximum atomic E-state index is 12.1. The molecule has 174 valence electrons. The summed E-state index contributed by atoms with van der Waals surface area (Å²) in [4.78, 5) is 1.94. The summed E-state index contributed by atoms with van der Waals surface area (Å²) >= 11 is 0. The molecule has 1 aromatic carbocycles. The van der Waals surface area contributed by atoms with Crippen molar-refractivity contribution >= 4 is 10.0 Å². The Morgan fingerprint density at radius 2 is 1.84 bits per heavy atom. The highest BCUT2D eigenvalue weighted by atomic mass is 32.2. The highest BCUT2D eigenvalue weighted by Gasteiger charge is 2.53. The topological polar surface area (TPSA) is 88.1 Å². The van der Waals surface area contributed by atoms with Crippen molar-refractivity contribution in [2.45, 2.75) is 81.5 Å². The van der Waals surface area contributed by atoms with Crippen molar-refractivity contribution in [1.29, 1.82) is 0 Å². The molecule has 2 aliphatic carbocycles. The van der Waals surface area contributed by atoms with Crippen LogP contribution in [0, 0.1) is 5.92 Å². The van der Waals surface area contributed by atoms with Crippen molar-refractivity contribution in [3.8, 4) is 0 Å². The van der Waals surface area contributed by atoms with Gasteiger partial charge in [0.2, 0.25) is 16.4 Å². The summed E-state index contributed by atoms with van der Waals surface area (Å²) in [5, 5.41) is 10.6. The van der Waals surface area contributed by atoms with Crippen molar-refractivity contribution in [2.75, 3.05) is 20.0 Å². The van der Waals surface area contributed by atoms with E-state index in [1.54, 1.807) is 0 Å². The standard InChI is InChI=1S/C23H36N2O5S/c1-29-23(26)25-20-10-6-9-19(20)22(24-31(2,27)28)21(25)15-30-18-13-11-17(12-14-18)16-7-4-3-5-8-16/h3-5,7-8,17-24,26H,6,9-15H2,1-2H3/t17?,18?,19-,20+,21-,22-,23?/m0/s1. The van der Waals surface area contributed by atoms with Gasteiger partial charge in [0.1, 0.15) is 0 Å². The number of ether oxygens (including phenoxy) is 2. The van der Waals surface area contributed by atoms with Crippen molar-refractivity contribution in [3.05, 3.63) is 35.9 Å². The lowest BCUT2D eigenvalue weighted by molar-refractivity contribution is -0.201. The van der Waals surface area contributed by atoms with E-state index >= 15 is 0 Å². The van der Waals surface area contributed by atoms with Crippen LogP contribution >= 0.6 is 0 Å². The molecule has 3 fully saturated rings. The second kappa shape index (κ2) is 9.85. The Labute approximate surface area is 186 Å². The molecular weight excluding hydrogens is 416 g/mol. The number of hydrogen-bond donors (Lipinski definition) is 2. The molecular formula is C23H36N2O5S. The van der Waals surface area contributed by atoms with Crippen LogP contribution < -0.4 is 4.72 Å². The molecule has 0 bridgehead atoms. The molecule has 4 rings (SSSR count). The molecule has 0 aromatic heterocycles. The number of nitrogens with one attached hydrogen (secondary N) is 1. The summed E-state index contributed by atoms with van der Waals surface area (Å²) in [6, 6.07) is 10.2. The molecule has 3 aliphatic rings. The molecule has 5 atom stereocenters. The van der Waals surface area contributed by atoms with Crippen LogP contribution in [0.25, 0.3) is 0 Å². The van der Waals surface area contributed by atoms with E-state index < -0.39 is 16.4 Å². The first kappa shape index (κ1) is 23.1. The maximum absolute atomic E-state index is 12.1. The van der Waals surface area contributed by atoms with Gasteiger partial charge in [-0.2, -0.15) is 0 Å². The van der Waals surface area contributed by atoms with Gasteiger partial charge < -0.3 is 14.6 Å². The Bertz CT molecular complexity index is 813. The zero-order valence-corrected chi connectivity index (χ0v) is 19.3. The third-order valence-electron chi connectivity index (χ3n) is 7.44. The van der Waals surface area contributed by atoms with Gasteiger partial charge in [0.05, 0.1) is 25.0 Å². The maximum Gasteiger partial charge on any atom is 0.216 e. The van der Waals surface area contributed by atoms with Crippen LogP contribution in [0.2, 0.25) is 0 Å². The first-order chi connectivity index (χ1) is 14.9. The average Bonchev–Trinajstić information content (AvgIpc) is 3.33. The fraction of sp³-hybridized carbons (Fsp3) is 0.739. The van der Waals surface area contributed by atoms with Crippen molar-refractivity contribution < 1.29 is 23.0 Å². The zero-order chi connectivity index (χ0) is 22.0. The minimum atomic E-state index is -3.37. The lowest BCUT2D eigenvalue weighted by Gasteiger charge is -2.36. The largest absolute Gasteiger partial charge is 0.377 e. The number of aliphatic hydroxyl groups is 1. The molecule has 0 radical (unpaired) electrons. The lowest BCUT2D eigenvalue weighted by Crippen LogP contribution is -2.53. The third-order valence-corrected chi connectivity index (χ3v) is 8.14. The second-order valence-corrected chi connectivity index (χ2v) is 11.2. The van der Waals surface area contributed by atoms with E-state index in [0.29, 0.717) is 12.5 Å². The minimum Gasteiger partial charge on any atom is -0.377 e. The lowest BCUT2D eigenvalue weighted by atomic mass is 9.83. The first-order valence-electron chi connectivity index (χ1n) is 11.5. The Kier molecular flexibility index (Phi) is 7.35. The molecule has 1 aliphatic heterocycles. The van der Waals surface area contributed by atoms with E-state index in [1.807, 2.05) is 4.90 Å². The van der Waals surface area contributed by atoms with Crippen LogP contribution in [0.15, 0.2) is 30.3 Å². The van der Waals surface area contributed by atoms with Crippen molar-refractivity contribution in [1.82, 2.24) is 9.62 Å². The Hall–Kier alpha value is -1.03. The number of likely N-dealkylation sites (tertiary alicyclic amines) is 1. The predicted molar refractivity (Wildman–Crippen MR) is 119 cm³/mol. The minimum absolute atomic E-state index is 0.108. The monoisotopic (exact) mass is 452 g/mol. The Morgan fingerprint density at radius 1 is 1.13 bits per heavy atom. The number of methoxy groups -OCH3 is 1. The SMILES string of the molecule is COC(O)N1[C@@H]2CCC[C@@H]2[C@H](NS(C)(=O)=O)[C@@H]1COC1CCC(c2ccccc2)CC1. The Morgan fingerprint density at radius 3 is 2.48 bits per heavy atom. The number of fused-ring (bicyclic) bond motifs is 1. The molecule has 1 saturated heterocycles. The van der Waals surface area contributed by atoms with E-state index in [2.05, 4.69) is 35.1 Å². The van der Waals surface area contributed by atoms with Crippen LogP contribution in [0.1, 0.15) is 56.4 Å². The first-order valence-corrected chi connectivity index (χ1v) is 13.4. The van der Waals surface area contributed by atoms with Crippen LogP contribution in [-0.2, 0) is 19.5 Å². The molecule has 1 heterocycles. The van der Waals surface area contributed by atoms with Crippen molar-refractivity contribution in [2.24, 2.45) is 5.92 Å². The van der Waals surface area contributed by atoms with Gasteiger partial charge in [-0.15, -0.1) is 0 Å². The number of sulfonamides is 1. The van der Waals surface area contributed by atoms with Gasteiger partial charge in [-0.3, -0.25) is 0 Å². The van der Waals surface area contributed by atoms with E-state index in [1.165, 1.54) is 18.9 Å². The smallest absolute Gasteiger partial charge is 0.216 e. The summed E-state index contributed by atoms with van der Waals surface area (Å²) in [6.07, 6.45) is 7.41. The van der Waals surface area contributed by atoms with E-state index in [9.17, 15) is 13.5 Å². The third kappa shape index (κ3) is 5.31.